The predicted octanol–water partition coefficient (Wildman–Crippen LogP) is 2.34. The first-order valence-corrected chi connectivity index (χ1v) is 8.87. The van der Waals surface area contributed by atoms with E-state index in [1.807, 2.05) is 13.8 Å². The van der Waals surface area contributed by atoms with Crippen molar-refractivity contribution in [2.75, 3.05) is 6.54 Å². The molecule has 0 heterocycles. The molecule has 0 saturated heterocycles. The summed E-state index contributed by atoms with van der Waals surface area (Å²) in [5.41, 5.74) is 6.15. The van der Waals surface area contributed by atoms with E-state index in [-0.39, 0.29) is 23.8 Å². The topological polar surface area (TPSA) is 84.2 Å². The highest BCUT2D eigenvalue weighted by Crippen LogP contribution is 2.25. The van der Waals surface area contributed by atoms with Gasteiger partial charge in [0.2, 0.25) is 5.91 Å². The number of hydrogen-bond acceptors (Lipinski definition) is 3. The maximum Gasteiger partial charge on any atom is 0.253 e. The van der Waals surface area contributed by atoms with E-state index in [1.54, 1.807) is 24.3 Å². The van der Waals surface area contributed by atoms with Gasteiger partial charge in [0.05, 0.1) is 10.6 Å². The number of nitrogens with one attached hydrogen (secondary N) is 2. The molecule has 1 aromatic carbocycles. The van der Waals surface area contributed by atoms with Gasteiger partial charge in [-0.1, -0.05) is 44.0 Å². The Kier molecular flexibility index (Phi) is 6.63. The Morgan fingerprint density at radius 1 is 1.29 bits per heavy atom. The van der Waals surface area contributed by atoms with Gasteiger partial charge in [0.15, 0.2) is 0 Å². The fraction of sp³-hybridized carbons (Fsp3) is 0.556. The molecule has 0 bridgehead atoms. The van der Waals surface area contributed by atoms with Gasteiger partial charge in [-0.05, 0) is 43.4 Å². The van der Waals surface area contributed by atoms with Crippen LogP contribution in [0.2, 0.25) is 5.02 Å². The Balaban J connectivity index is 2.05. The summed E-state index contributed by atoms with van der Waals surface area (Å²) in [5, 5.41) is 6.25. The Labute approximate surface area is 148 Å². The number of halogens is 1. The average Bonchev–Trinajstić information content (AvgIpc) is 2.99. The van der Waals surface area contributed by atoms with Gasteiger partial charge in [-0.15, -0.1) is 0 Å². The zero-order valence-electron chi connectivity index (χ0n) is 14.2. The molecule has 4 N–H and O–H groups in total. The minimum Gasteiger partial charge on any atom is -0.351 e. The van der Waals surface area contributed by atoms with Gasteiger partial charge in [0.25, 0.3) is 5.91 Å². The second kappa shape index (κ2) is 8.49. The summed E-state index contributed by atoms with van der Waals surface area (Å²) in [6.45, 7) is 4.39. The maximum atomic E-state index is 12.7. The third kappa shape index (κ3) is 4.48. The van der Waals surface area contributed by atoms with Crippen molar-refractivity contribution in [2.24, 2.45) is 17.6 Å². The van der Waals surface area contributed by atoms with Crippen LogP contribution in [0.3, 0.4) is 0 Å². The van der Waals surface area contributed by atoms with Crippen LogP contribution < -0.4 is 16.4 Å². The van der Waals surface area contributed by atoms with Gasteiger partial charge in [0.1, 0.15) is 6.04 Å². The van der Waals surface area contributed by atoms with Crippen molar-refractivity contribution < 1.29 is 9.59 Å². The number of amides is 2. The molecule has 0 radical (unpaired) electrons. The van der Waals surface area contributed by atoms with Gasteiger partial charge >= 0.3 is 0 Å². The third-order valence-corrected chi connectivity index (χ3v) is 4.97. The summed E-state index contributed by atoms with van der Waals surface area (Å²) >= 11 is 6.06. The van der Waals surface area contributed by atoms with E-state index < -0.39 is 6.04 Å². The molecular formula is C18H26ClN3O2. The van der Waals surface area contributed by atoms with Gasteiger partial charge in [0, 0.05) is 6.04 Å². The summed E-state index contributed by atoms with van der Waals surface area (Å²) in [6, 6.07) is 6.31. The molecular weight excluding hydrogens is 326 g/mol. The fourth-order valence-corrected chi connectivity index (χ4v) is 3.40. The van der Waals surface area contributed by atoms with E-state index in [4.69, 9.17) is 17.3 Å². The van der Waals surface area contributed by atoms with Crippen LogP contribution in [-0.2, 0) is 4.79 Å². The van der Waals surface area contributed by atoms with Gasteiger partial charge in [-0.3, -0.25) is 9.59 Å². The highest BCUT2D eigenvalue weighted by atomic mass is 35.5. The molecule has 1 aromatic rings. The standard InChI is InChI=1S/C18H26ClN3O2/c1-11(2)16(18(24)21-15-9-5-6-12(15)10-20)22-17(23)13-7-3-4-8-14(13)19/h3-4,7-8,11-12,15-16H,5-6,9-10,20H2,1-2H3,(H,21,24)(H,22,23). The Morgan fingerprint density at radius 3 is 2.62 bits per heavy atom. The van der Waals surface area contributed by atoms with Gasteiger partial charge in [-0.2, -0.15) is 0 Å². The van der Waals surface area contributed by atoms with Gasteiger partial charge < -0.3 is 16.4 Å². The first kappa shape index (κ1) is 18.7. The van der Waals surface area contributed by atoms with Crippen LogP contribution >= 0.6 is 11.6 Å². The van der Waals surface area contributed by atoms with Crippen LogP contribution in [0.4, 0.5) is 0 Å². The van der Waals surface area contributed by atoms with Crippen molar-refractivity contribution in [2.45, 2.75) is 45.2 Å². The van der Waals surface area contributed by atoms with Crippen molar-refractivity contribution in [1.82, 2.24) is 10.6 Å². The molecule has 24 heavy (non-hydrogen) atoms. The molecule has 1 fully saturated rings. The van der Waals surface area contributed by atoms with E-state index >= 15 is 0 Å². The lowest BCUT2D eigenvalue weighted by molar-refractivity contribution is -0.124. The first-order chi connectivity index (χ1) is 11.4. The van der Waals surface area contributed by atoms with E-state index in [0.29, 0.717) is 23.0 Å². The number of carbonyl (C=O) groups is 2. The van der Waals surface area contributed by atoms with Crippen molar-refractivity contribution >= 4 is 23.4 Å². The molecule has 0 aromatic heterocycles. The normalized spacial score (nSPS) is 21.5. The second-order valence-corrected chi connectivity index (χ2v) is 7.12. The van der Waals surface area contributed by atoms with Crippen molar-refractivity contribution in [3.63, 3.8) is 0 Å². The molecule has 3 unspecified atom stereocenters. The zero-order valence-corrected chi connectivity index (χ0v) is 15.0. The quantitative estimate of drug-likeness (QED) is 0.735. The van der Waals surface area contributed by atoms with Crippen LogP contribution in [0, 0.1) is 11.8 Å². The van der Waals surface area contributed by atoms with Crippen molar-refractivity contribution in [3.8, 4) is 0 Å². The predicted molar refractivity (Wildman–Crippen MR) is 95.9 cm³/mol. The second-order valence-electron chi connectivity index (χ2n) is 6.72. The van der Waals surface area contributed by atoms with Crippen molar-refractivity contribution in [1.29, 1.82) is 0 Å². The summed E-state index contributed by atoms with van der Waals surface area (Å²) in [6.07, 6.45) is 3.06. The Morgan fingerprint density at radius 2 is 2.00 bits per heavy atom. The number of carbonyl (C=O) groups excluding carboxylic acids is 2. The molecule has 1 saturated carbocycles. The summed E-state index contributed by atoms with van der Waals surface area (Å²) in [4.78, 5) is 25.1. The molecule has 5 nitrogen and oxygen atoms in total. The lowest BCUT2D eigenvalue weighted by Gasteiger charge is -2.26. The number of benzene rings is 1. The summed E-state index contributed by atoms with van der Waals surface area (Å²) < 4.78 is 0. The van der Waals surface area contributed by atoms with Crippen LogP contribution in [-0.4, -0.2) is 30.4 Å². The highest BCUT2D eigenvalue weighted by Gasteiger charge is 2.31. The first-order valence-electron chi connectivity index (χ1n) is 8.49. The number of rotatable bonds is 6. The number of hydrogen-bond donors (Lipinski definition) is 3. The lowest BCUT2D eigenvalue weighted by Crippen LogP contribution is -2.53. The molecule has 2 rings (SSSR count). The molecule has 3 atom stereocenters. The monoisotopic (exact) mass is 351 g/mol. The lowest BCUT2D eigenvalue weighted by atomic mass is 10.00. The minimum absolute atomic E-state index is 0.0332. The summed E-state index contributed by atoms with van der Waals surface area (Å²) in [5.74, 6) is -0.206. The van der Waals surface area contributed by atoms with Crippen LogP contribution in [0.15, 0.2) is 24.3 Å². The molecule has 1 aliphatic carbocycles. The van der Waals surface area contributed by atoms with Crippen molar-refractivity contribution in [3.05, 3.63) is 34.9 Å². The smallest absolute Gasteiger partial charge is 0.253 e. The molecule has 6 heteroatoms. The van der Waals surface area contributed by atoms with E-state index in [1.165, 1.54) is 0 Å². The fourth-order valence-electron chi connectivity index (χ4n) is 3.18. The highest BCUT2D eigenvalue weighted by molar-refractivity contribution is 6.33. The number of nitrogens with two attached hydrogens (primary N) is 1. The Bertz CT molecular complexity index is 591. The molecule has 132 valence electrons. The maximum absolute atomic E-state index is 12.7. The molecule has 0 spiro atoms. The molecule has 1 aliphatic rings. The SMILES string of the molecule is CC(C)C(NC(=O)c1ccccc1Cl)C(=O)NC1CCCC1CN. The van der Waals surface area contributed by atoms with Crippen LogP contribution in [0.1, 0.15) is 43.5 Å². The summed E-state index contributed by atoms with van der Waals surface area (Å²) in [7, 11) is 0. The van der Waals surface area contributed by atoms with Crippen LogP contribution in [0.25, 0.3) is 0 Å². The largest absolute Gasteiger partial charge is 0.351 e. The molecule has 2 amide bonds. The van der Waals surface area contributed by atoms with E-state index in [9.17, 15) is 9.59 Å². The van der Waals surface area contributed by atoms with Crippen LogP contribution in [0.5, 0.6) is 0 Å². The van der Waals surface area contributed by atoms with E-state index in [0.717, 1.165) is 19.3 Å². The van der Waals surface area contributed by atoms with E-state index in [2.05, 4.69) is 10.6 Å². The average molecular weight is 352 g/mol. The zero-order chi connectivity index (χ0) is 17.7. The Hall–Kier alpha value is -1.59. The third-order valence-electron chi connectivity index (χ3n) is 4.64. The molecule has 0 aliphatic heterocycles. The minimum atomic E-state index is -0.604. The van der Waals surface area contributed by atoms with Gasteiger partial charge in [-0.25, -0.2) is 0 Å².